The molecule has 0 aliphatic heterocycles. The molecule has 4 aromatic heterocycles. The van der Waals surface area contributed by atoms with Gasteiger partial charge in [-0.1, -0.05) is 24.3 Å². The van der Waals surface area contributed by atoms with E-state index in [1.54, 1.807) is 0 Å². The van der Waals surface area contributed by atoms with E-state index in [1.165, 1.54) is 72.0 Å². The number of H-pyrrole nitrogens is 2. The third kappa shape index (κ3) is 14.6. The zero-order valence-corrected chi connectivity index (χ0v) is 52.6. The van der Waals surface area contributed by atoms with Crippen molar-refractivity contribution in [2.45, 2.75) is 19.6 Å². The number of hydrogen-bond acceptors (Lipinski definition) is 17. The number of amides is 6. The number of nitrogens with one attached hydrogen (secondary N) is 8. The van der Waals surface area contributed by atoms with E-state index in [1.807, 2.05) is 0 Å². The maximum atomic E-state index is 13.4. The second kappa shape index (κ2) is 25.4. The Bertz CT molecular complexity index is 3940. The summed E-state index contributed by atoms with van der Waals surface area (Å²) in [6.45, 7) is 0. The third-order valence-corrected chi connectivity index (χ3v) is 14.4. The van der Waals surface area contributed by atoms with Crippen molar-refractivity contribution in [1.29, 1.82) is 0 Å². The van der Waals surface area contributed by atoms with Gasteiger partial charge in [0.05, 0.1) is 42.3 Å². The summed E-state index contributed by atoms with van der Waals surface area (Å²) in [5, 5.41) is 13.0. The van der Waals surface area contributed by atoms with Gasteiger partial charge in [0, 0.05) is 48.0 Å². The van der Waals surface area contributed by atoms with Gasteiger partial charge in [0.2, 0.25) is 0 Å². The second-order valence-corrected chi connectivity index (χ2v) is 21.2. The first-order valence-electron chi connectivity index (χ1n) is 20.6. The van der Waals surface area contributed by atoms with Crippen LogP contribution in [0.15, 0.2) is 129 Å². The summed E-state index contributed by atoms with van der Waals surface area (Å²) in [5.74, 6) is -3.19. The van der Waals surface area contributed by atoms with Gasteiger partial charge in [0.25, 0.3) is 23.6 Å². The third-order valence-electron chi connectivity index (χ3n) is 10.8. The monoisotopic (exact) mass is 1180 g/mol. The number of rotatable bonds is 14. The van der Waals surface area contributed by atoms with Gasteiger partial charge in [-0.15, -0.1) is 0 Å². The smallest absolute Gasteiger partial charge is 0.744 e. The molecule has 0 radical (unpaired) electrons. The molecule has 0 fully saturated rings. The number of urea groups is 1. The zero-order valence-electron chi connectivity index (χ0n) is 41.4. The van der Waals surface area contributed by atoms with Crippen LogP contribution in [-0.2, 0) is 54.6 Å². The van der Waals surface area contributed by atoms with E-state index in [9.17, 15) is 75.9 Å². The SMILES string of the molecule is Cn1cc(NC(=O)c2ccc(NC(=O)Nc3ccc(C(=O)Nc4cc(C(=O)Nc5ccc(S(=O)(=O)[O-])c6cccc(S(=O)(=O)[O-])c56)n(C)c4)[nH]3)[nH]2)cc1C(=O)Nc1ccc(S(=O)(=O)[O-])c2cccc(S(=O)(=O)[O-])c12.[Na+].[Na+].[Na+].[Na+]. The summed E-state index contributed by atoms with van der Waals surface area (Å²) in [4.78, 5) is 68.0. The molecule has 8 N–H and O–H groups in total. The number of aromatic nitrogens is 4. The van der Waals surface area contributed by atoms with Crippen molar-refractivity contribution in [2.75, 3.05) is 31.9 Å². The Morgan fingerprint density at radius 2 is 0.769 bits per heavy atom. The minimum absolute atomic E-state index is 0. The number of carbonyl (C=O) groups is 5. The van der Waals surface area contributed by atoms with Crippen LogP contribution in [0, 0.1) is 0 Å². The van der Waals surface area contributed by atoms with Gasteiger partial charge in [-0.3, -0.25) is 29.8 Å². The van der Waals surface area contributed by atoms with Crippen LogP contribution in [0.3, 0.4) is 0 Å². The topological polar surface area (TPSA) is 428 Å². The molecule has 384 valence electrons. The summed E-state index contributed by atoms with van der Waals surface area (Å²) in [6.07, 6.45) is 2.69. The van der Waals surface area contributed by atoms with Crippen molar-refractivity contribution in [2.24, 2.45) is 14.1 Å². The van der Waals surface area contributed by atoms with Gasteiger partial charge >= 0.3 is 124 Å². The molecule has 0 bridgehead atoms. The predicted molar refractivity (Wildman–Crippen MR) is 257 cm³/mol. The molecule has 0 unspecified atom stereocenters. The van der Waals surface area contributed by atoms with Crippen LogP contribution < -0.4 is 150 Å². The Morgan fingerprint density at radius 1 is 0.423 bits per heavy atom. The number of aryl methyl sites for hydroxylation is 2. The van der Waals surface area contributed by atoms with Gasteiger partial charge in [-0.05, 0) is 72.8 Å². The van der Waals surface area contributed by atoms with Gasteiger partial charge < -0.3 is 58.6 Å². The molecule has 6 amide bonds. The molecule has 0 saturated carbocycles. The van der Waals surface area contributed by atoms with Gasteiger partial charge in [0.15, 0.2) is 0 Å². The molecule has 78 heavy (non-hydrogen) atoms. The van der Waals surface area contributed by atoms with Crippen molar-refractivity contribution >= 4 is 126 Å². The van der Waals surface area contributed by atoms with Gasteiger partial charge in [0.1, 0.15) is 74.9 Å². The first-order chi connectivity index (χ1) is 34.6. The summed E-state index contributed by atoms with van der Waals surface area (Å²) < 4.78 is 147. The van der Waals surface area contributed by atoms with E-state index in [4.69, 9.17) is 0 Å². The normalized spacial score (nSPS) is 11.5. The molecule has 4 heterocycles. The van der Waals surface area contributed by atoms with Gasteiger partial charge in [-0.2, -0.15) is 0 Å². The summed E-state index contributed by atoms with van der Waals surface area (Å²) in [5.41, 5.74) is -0.793. The van der Waals surface area contributed by atoms with Crippen molar-refractivity contribution in [3.63, 3.8) is 0 Å². The molecule has 35 heteroatoms. The summed E-state index contributed by atoms with van der Waals surface area (Å²) in [7, 11) is -17.9. The maximum absolute atomic E-state index is 13.4. The number of aromatic amines is 2. The Balaban J connectivity index is 0.00000328. The van der Waals surface area contributed by atoms with Crippen LogP contribution in [0.5, 0.6) is 0 Å². The molecule has 0 aliphatic rings. The largest absolute Gasteiger partial charge is 1.00 e. The number of fused-ring (bicyclic) bond motifs is 2. The molecule has 0 aliphatic carbocycles. The molecule has 4 aromatic carbocycles. The average molecular weight is 1180 g/mol. The number of hydrogen-bond donors (Lipinski definition) is 8. The number of anilines is 6. The summed E-state index contributed by atoms with van der Waals surface area (Å²) >= 11 is 0. The molecule has 0 atom stereocenters. The number of benzene rings is 4. The van der Waals surface area contributed by atoms with Crippen LogP contribution in [0.4, 0.5) is 39.2 Å². The van der Waals surface area contributed by atoms with E-state index < -0.39 is 111 Å². The second-order valence-electron chi connectivity index (χ2n) is 15.8. The van der Waals surface area contributed by atoms with Crippen molar-refractivity contribution < 1.29 is 194 Å². The van der Waals surface area contributed by atoms with Crippen LogP contribution in [-0.4, -0.2) is 101 Å². The predicted octanol–water partition coefficient (Wildman–Crippen LogP) is -8.39. The molecule has 27 nitrogen and oxygen atoms in total. The van der Waals surface area contributed by atoms with Crippen molar-refractivity contribution in [3.05, 3.63) is 132 Å². The fraction of sp³-hybridized carbons (Fsp3) is 0.0465. The Hall–Kier alpha value is -4.69. The molecule has 8 aromatic rings. The minimum atomic E-state index is -5.24. The average Bonchev–Trinajstić information content (AvgIpc) is 4.12. The van der Waals surface area contributed by atoms with Crippen LogP contribution in [0.2, 0.25) is 0 Å². The number of nitrogens with zero attached hydrogens (tertiary/aromatic N) is 2. The van der Waals surface area contributed by atoms with Crippen LogP contribution in [0.1, 0.15) is 42.0 Å². The van der Waals surface area contributed by atoms with Crippen LogP contribution >= 0.6 is 0 Å². The van der Waals surface area contributed by atoms with Crippen LogP contribution in [0.25, 0.3) is 21.5 Å². The Labute approximate surface area is 530 Å². The van der Waals surface area contributed by atoms with Crippen molar-refractivity contribution in [1.82, 2.24) is 19.1 Å². The number of carbonyl (C=O) groups excluding carboxylic acids is 5. The quantitative estimate of drug-likeness (QED) is 0.0370. The fourth-order valence-electron chi connectivity index (χ4n) is 7.72. The van der Waals surface area contributed by atoms with E-state index in [-0.39, 0.29) is 175 Å². The Kier molecular flexibility index (Phi) is 21.4. The summed E-state index contributed by atoms with van der Waals surface area (Å²) in [6, 6.07) is 16.6. The van der Waals surface area contributed by atoms with Crippen molar-refractivity contribution in [3.8, 4) is 0 Å². The van der Waals surface area contributed by atoms with E-state index in [0.29, 0.717) is 0 Å². The zero-order chi connectivity index (χ0) is 53.8. The fourth-order valence-corrected chi connectivity index (χ4v) is 10.5. The van der Waals surface area contributed by atoms with Gasteiger partial charge in [-0.25, -0.2) is 38.5 Å². The molecule has 0 saturated heterocycles. The molecule has 0 spiro atoms. The maximum Gasteiger partial charge on any atom is 1.00 e. The Morgan fingerprint density at radius 3 is 1.10 bits per heavy atom. The molecular weight excluding hydrogens is 1150 g/mol. The standard InChI is InChI=1S/C43H36N10O17S4.4Na/c1-52-19-21(17-29(52)41(56)48-25-9-13-31(71(59,60)61)23-5-3-7-33(37(23)25)73(65,66)67)44-39(54)27-11-15-35(46-27)50-43(58)51-36-16-12-28(47-36)40(55)45-22-18-30(53(2)20-22)42(57)49-26-10-14-32(72(62,63)64)24-6-4-8-34(38(24)26)74(68,69)70;;;;/h3-20,46-47H,1-2H3,(H,44,54)(H,45,55)(H,48,56)(H,49,57)(H2,50,51,58)(H,59,60,61)(H,62,63,64)(H,65,66,67)(H,68,69,70);;;;/q;4*+1/p-4. The minimum Gasteiger partial charge on any atom is -0.744 e. The van der Waals surface area contributed by atoms with E-state index >= 15 is 0 Å². The first-order valence-corrected chi connectivity index (χ1v) is 26.2. The molecule has 8 rings (SSSR count). The van der Waals surface area contributed by atoms with E-state index in [2.05, 4.69) is 41.9 Å². The van der Waals surface area contributed by atoms with E-state index in [0.717, 1.165) is 60.7 Å². The first kappa shape index (κ1) is 65.8. The molecular formula is C43H32N10Na4O17S4.